The maximum atomic E-state index is 12.2. The number of amides is 1. The van der Waals surface area contributed by atoms with Gasteiger partial charge >= 0.3 is 0 Å². The van der Waals surface area contributed by atoms with Gasteiger partial charge in [0.2, 0.25) is 0 Å². The molecule has 1 heterocycles. The van der Waals surface area contributed by atoms with Crippen LogP contribution in [0.5, 0.6) is 0 Å². The van der Waals surface area contributed by atoms with Crippen LogP contribution in [-0.2, 0) is 0 Å². The van der Waals surface area contributed by atoms with Gasteiger partial charge in [0.15, 0.2) is 0 Å². The lowest BCUT2D eigenvalue weighted by Gasteiger charge is -2.21. The molecule has 124 valence electrons. The van der Waals surface area contributed by atoms with Crippen molar-refractivity contribution in [3.8, 4) is 5.69 Å². The van der Waals surface area contributed by atoms with Crippen LogP contribution in [0.3, 0.4) is 0 Å². The number of aliphatic hydroxyl groups excluding tert-OH is 1. The minimum absolute atomic E-state index is 0.0277. The molecule has 0 radical (unpaired) electrons. The number of rotatable bonds is 5. The summed E-state index contributed by atoms with van der Waals surface area (Å²) in [4.78, 5) is 16.6. The number of nitrogens with one attached hydrogen (secondary N) is 1. The monoisotopic (exact) mass is 323 g/mol. The maximum Gasteiger partial charge on any atom is 0.251 e. The van der Waals surface area contributed by atoms with E-state index >= 15 is 0 Å². The summed E-state index contributed by atoms with van der Waals surface area (Å²) in [5.41, 5.74) is 3.18. The summed E-state index contributed by atoms with van der Waals surface area (Å²) in [5.74, 6) is -0.140. The summed E-state index contributed by atoms with van der Waals surface area (Å²) in [6, 6.07) is 15.3. The molecular formula is C19H21N3O2. The van der Waals surface area contributed by atoms with Crippen LogP contribution in [0.4, 0.5) is 0 Å². The second-order valence-corrected chi connectivity index (χ2v) is 6.66. The van der Waals surface area contributed by atoms with E-state index in [0.717, 1.165) is 16.7 Å². The fourth-order valence-corrected chi connectivity index (χ4v) is 2.42. The molecule has 0 spiro atoms. The van der Waals surface area contributed by atoms with Crippen molar-refractivity contribution in [1.82, 2.24) is 14.9 Å². The van der Waals surface area contributed by atoms with Gasteiger partial charge < -0.3 is 10.4 Å². The largest absolute Gasteiger partial charge is 0.396 e. The highest BCUT2D eigenvalue weighted by Gasteiger charge is 2.18. The van der Waals surface area contributed by atoms with Crippen molar-refractivity contribution in [2.24, 2.45) is 5.41 Å². The van der Waals surface area contributed by atoms with Gasteiger partial charge in [-0.25, -0.2) is 4.98 Å². The molecule has 5 nitrogen and oxygen atoms in total. The zero-order valence-electron chi connectivity index (χ0n) is 13.9. The number of nitrogens with zero attached hydrogens (tertiary/aromatic N) is 2. The van der Waals surface area contributed by atoms with Crippen molar-refractivity contribution in [1.29, 1.82) is 0 Å². The Morgan fingerprint density at radius 2 is 1.88 bits per heavy atom. The van der Waals surface area contributed by atoms with Crippen LogP contribution in [0, 0.1) is 5.41 Å². The molecule has 1 amide bonds. The van der Waals surface area contributed by atoms with Crippen LogP contribution in [0.2, 0.25) is 0 Å². The first-order valence-corrected chi connectivity index (χ1v) is 7.92. The third kappa shape index (κ3) is 3.31. The molecule has 3 rings (SSSR count). The molecule has 2 N–H and O–H groups in total. The zero-order chi connectivity index (χ0) is 17.2. The van der Waals surface area contributed by atoms with Crippen LogP contribution in [0.1, 0.15) is 24.2 Å². The van der Waals surface area contributed by atoms with Gasteiger partial charge in [-0.05, 0) is 36.4 Å². The van der Waals surface area contributed by atoms with Crippen molar-refractivity contribution >= 4 is 16.9 Å². The highest BCUT2D eigenvalue weighted by molar-refractivity contribution is 5.94. The summed E-state index contributed by atoms with van der Waals surface area (Å²) in [5, 5.41) is 12.1. The molecule has 1 aromatic heterocycles. The second kappa shape index (κ2) is 6.45. The van der Waals surface area contributed by atoms with E-state index in [1.165, 1.54) is 0 Å². The smallest absolute Gasteiger partial charge is 0.251 e. The molecule has 5 heteroatoms. The fourth-order valence-electron chi connectivity index (χ4n) is 2.42. The standard InChI is InChI=1S/C19H21N3O2/c1-19(2,12-23)11-20-18(24)14-7-9-15(10-8-14)22-13-21-16-5-3-4-6-17(16)22/h3-10,13,23H,11-12H2,1-2H3,(H,20,24). The minimum atomic E-state index is -0.328. The molecule has 0 aliphatic rings. The molecule has 24 heavy (non-hydrogen) atoms. The number of hydrogen-bond acceptors (Lipinski definition) is 3. The molecule has 0 aliphatic heterocycles. The quantitative estimate of drug-likeness (QED) is 0.759. The predicted molar refractivity (Wildman–Crippen MR) is 94.3 cm³/mol. The van der Waals surface area contributed by atoms with Gasteiger partial charge in [0.25, 0.3) is 5.91 Å². The molecule has 0 fully saturated rings. The Balaban J connectivity index is 1.77. The summed E-state index contributed by atoms with van der Waals surface area (Å²) < 4.78 is 1.99. The number of imidazole rings is 1. The van der Waals surface area contributed by atoms with Gasteiger partial charge in [-0.1, -0.05) is 26.0 Å². The first-order chi connectivity index (χ1) is 11.5. The van der Waals surface area contributed by atoms with Gasteiger partial charge in [-0.3, -0.25) is 9.36 Å². The number of carbonyl (C=O) groups excluding carboxylic acids is 1. The lowest BCUT2D eigenvalue weighted by atomic mass is 9.95. The molecule has 0 saturated heterocycles. The maximum absolute atomic E-state index is 12.2. The lowest BCUT2D eigenvalue weighted by molar-refractivity contribution is 0.0911. The molecule has 0 saturated carbocycles. The molecule has 0 bridgehead atoms. The Kier molecular flexibility index (Phi) is 4.36. The van der Waals surface area contributed by atoms with Crippen molar-refractivity contribution < 1.29 is 9.90 Å². The summed E-state index contributed by atoms with van der Waals surface area (Å²) in [7, 11) is 0. The number of hydrogen-bond donors (Lipinski definition) is 2. The predicted octanol–water partition coefficient (Wildman–Crippen LogP) is 2.77. The highest BCUT2D eigenvalue weighted by Crippen LogP contribution is 2.18. The Bertz CT molecular complexity index is 850. The van der Waals surface area contributed by atoms with E-state index in [9.17, 15) is 9.90 Å². The van der Waals surface area contributed by atoms with E-state index in [2.05, 4.69) is 10.3 Å². The summed E-state index contributed by atoms with van der Waals surface area (Å²) >= 11 is 0. The van der Waals surface area contributed by atoms with E-state index < -0.39 is 0 Å². The van der Waals surface area contributed by atoms with Crippen LogP contribution >= 0.6 is 0 Å². The second-order valence-electron chi connectivity index (χ2n) is 6.66. The fraction of sp³-hybridized carbons (Fsp3) is 0.263. The van der Waals surface area contributed by atoms with Crippen molar-refractivity contribution in [3.05, 3.63) is 60.4 Å². The molecule has 2 aromatic carbocycles. The van der Waals surface area contributed by atoms with Gasteiger partial charge in [0, 0.05) is 29.8 Å². The van der Waals surface area contributed by atoms with Crippen molar-refractivity contribution in [2.45, 2.75) is 13.8 Å². The number of aliphatic hydroxyl groups is 1. The number of para-hydroxylation sites is 2. The Morgan fingerprint density at radius 3 is 2.58 bits per heavy atom. The minimum Gasteiger partial charge on any atom is -0.396 e. The van der Waals surface area contributed by atoms with E-state index in [1.54, 1.807) is 18.5 Å². The lowest BCUT2D eigenvalue weighted by Crippen LogP contribution is -2.36. The third-order valence-corrected chi connectivity index (χ3v) is 4.02. The van der Waals surface area contributed by atoms with Crippen LogP contribution in [-0.4, -0.2) is 33.7 Å². The van der Waals surface area contributed by atoms with Gasteiger partial charge in [-0.2, -0.15) is 0 Å². The molecule has 0 unspecified atom stereocenters. The third-order valence-electron chi connectivity index (χ3n) is 4.02. The first kappa shape index (κ1) is 16.2. The number of carbonyl (C=O) groups is 1. The van der Waals surface area contributed by atoms with E-state index in [4.69, 9.17) is 0 Å². The average Bonchev–Trinajstić information content (AvgIpc) is 3.04. The Morgan fingerprint density at radius 1 is 1.17 bits per heavy atom. The number of fused-ring (bicyclic) bond motifs is 1. The molecule has 0 aliphatic carbocycles. The normalized spacial score (nSPS) is 11.6. The van der Waals surface area contributed by atoms with E-state index in [-0.39, 0.29) is 17.9 Å². The van der Waals surface area contributed by atoms with E-state index in [1.807, 2.05) is 54.8 Å². The van der Waals surface area contributed by atoms with E-state index in [0.29, 0.717) is 12.1 Å². The average molecular weight is 323 g/mol. The van der Waals surface area contributed by atoms with Gasteiger partial charge in [0.1, 0.15) is 6.33 Å². The topological polar surface area (TPSA) is 67.2 Å². The molecule has 3 aromatic rings. The molecule has 0 atom stereocenters. The SMILES string of the molecule is CC(C)(CO)CNC(=O)c1ccc(-n2cnc3ccccc32)cc1. The summed E-state index contributed by atoms with van der Waals surface area (Å²) in [6.45, 7) is 4.26. The summed E-state index contributed by atoms with van der Waals surface area (Å²) in [6.07, 6.45) is 1.78. The van der Waals surface area contributed by atoms with Crippen LogP contribution < -0.4 is 5.32 Å². The number of benzene rings is 2. The van der Waals surface area contributed by atoms with Crippen LogP contribution in [0.15, 0.2) is 54.9 Å². The van der Waals surface area contributed by atoms with Gasteiger partial charge in [0.05, 0.1) is 11.0 Å². The van der Waals surface area contributed by atoms with Gasteiger partial charge in [-0.15, -0.1) is 0 Å². The van der Waals surface area contributed by atoms with Crippen LogP contribution in [0.25, 0.3) is 16.7 Å². The Labute approximate surface area is 141 Å². The highest BCUT2D eigenvalue weighted by atomic mass is 16.3. The van der Waals surface area contributed by atoms with Crippen molar-refractivity contribution in [2.75, 3.05) is 13.2 Å². The first-order valence-electron chi connectivity index (χ1n) is 7.92. The molecular weight excluding hydrogens is 302 g/mol. The van der Waals surface area contributed by atoms with Crippen molar-refractivity contribution in [3.63, 3.8) is 0 Å². The zero-order valence-corrected chi connectivity index (χ0v) is 13.9. The number of aromatic nitrogens is 2. The Hall–Kier alpha value is -2.66.